The molecule has 0 amide bonds. The minimum absolute atomic E-state index is 0.103. The van der Waals surface area contributed by atoms with Crippen LogP contribution in [0.3, 0.4) is 0 Å². The highest BCUT2D eigenvalue weighted by atomic mass is 16.3. The molecule has 7 aromatic carbocycles. The van der Waals surface area contributed by atoms with Crippen LogP contribution in [-0.2, 0) is 5.41 Å². The first-order valence-electron chi connectivity index (χ1n) is 20.7. The predicted molar refractivity (Wildman–Crippen MR) is 245 cm³/mol. The van der Waals surface area contributed by atoms with E-state index in [0.717, 1.165) is 27.6 Å². The van der Waals surface area contributed by atoms with Gasteiger partial charge in [0.2, 0.25) is 0 Å². The molecule has 0 bridgehead atoms. The summed E-state index contributed by atoms with van der Waals surface area (Å²) in [5.74, 6) is 0. The topological polar surface area (TPSA) is 21.1 Å². The first-order valence-corrected chi connectivity index (χ1v) is 20.7. The van der Waals surface area contributed by atoms with Crippen LogP contribution in [0.5, 0.6) is 0 Å². The quantitative estimate of drug-likeness (QED) is 0.167. The van der Waals surface area contributed by atoms with Gasteiger partial charge in [0.25, 0.3) is 0 Å². The number of aryl methyl sites for hydroxylation is 1. The Hall–Kier alpha value is -7.10. The molecule has 0 N–H and O–H groups in total. The second-order valence-corrected chi connectivity index (χ2v) is 17.4. The van der Waals surface area contributed by atoms with Gasteiger partial charge < -0.3 is 13.9 Å². The van der Waals surface area contributed by atoms with Crippen molar-refractivity contribution >= 4 is 60.6 Å². The molecule has 0 radical (unpaired) electrons. The molecule has 1 saturated heterocycles. The van der Waals surface area contributed by atoms with Crippen molar-refractivity contribution in [3.8, 4) is 16.8 Å². The fourth-order valence-electron chi connectivity index (χ4n) is 11.3. The molecule has 1 aliphatic heterocycles. The number of furan rings is 1. The van der Waals surface area contributed by atoms with Crippen LogP contribution in [0, 0.1) is 6.92 Å². The van der Waals surface area contributed by atoms with Crippen LogP contribution in [0.4, 0.5) is 5.69 Å². The van der Waals surface area contributed by atoms with Gasteiger partial charge in [-0.1, -0.05) is 141 Å². The molecule has 3 heteroatoms. The van der Waals surface area contributed by atoms with E-state index in [0.29, 0.717) is 0 Å². The van der Waals surface area contributed by atoms with E-state index in [9.17, 15) is 0 Å². The highest BCUT2D eigenvalue weighted by molar-refractivity contribution is 6.12. The lowest BCUT2D eigenvalue weighted by Gasteiger charge is -2.29. The maximum absolute atomic E-state index is 6.19. The standard InChI is InChI=1S/C56H40N2O/c1-35-19-22-40(23-20-35)58-55(56(58)30-28-45-42-13-4-7-16-48(42)54(2,3)53(45)56)29-27-39(34-55)37-12-10-11-36(31-37)38-21-25-50-46(32-38)43-14-5-8-17-49(43)57(50)41-24-26-52-47(33-41)44-15-6-9-18-51(44)59-52/h4-34H,1-3H3/t55?,56-,58?/m0/s1. The minimum Gasteiger partial charge on any atom is -0.456 e. The zero-order chi connectivity index (χ0) is 39.3. The maximum Gasteiger partial charge on any atom is 0.135 e. The zero-order valence-corrected chi connectivity index (χ0v) is 33.2. The third-order valence-corrected chi connectivity index (χ3v) is 13.9. The second-order valence-electron chi connectivity index (χ2n) is 17.4. The van der Waals surface area contributed by atoms with Gasteiger partial charge in [0.1, 0.15) is 22.2 Å². The van der Waals surface area contributed by atoms with Gasteiger partial charge in [0, 0.05) is 38.3 Å². The number of allylic oxidation sites excluding steroid dienone is 4. The summed E-state index contributed by atoms with van der Waals surface area (Å²) in [6.45, 7) is 7.01. The molecule has 59 heavy (non-hydrogen) atoms. The van der Waals surface area contributed by atoms with Crippen molar-refractivity contribution in [3.63, 3.8) is 0 Å². The second kappa shape index (κ2) is 11.3. The van der Waals surface area contributed by atoms with E-state index in [1.807, 2.05) is 12.1 Å². The lowest BCUT2D eigenvalue weighted by Crippen LogP contribution is -2.31. The van der Waals surface area contributed by atoms with E-state index >= 15 is 0 Å². The van der Waals surface area contributed by atoms with E-state index < -0.39 is 0 Å². The molecule has 9 aromatic rings. The van der Waals surface area contributed by atoms with Gasteiger partial charge in [-0.3, -0.25) is 0 Å². The Labute approximate surface area is 343 Å². The average molecular weight is 757 g/mol. The van der Waals surface area contributed by atoms with Crippen LogP contribution in [-0.4, -0.2) is 15.6 Å². The monoisotopic (exact) mass is 756 g/mol. The van der Waals surface area contributed by atoms with E-state index in [1.54, 1.807) is 0 Å². The summed E-state index contributed by atoms with van der Waals surface area (Å²) in [6.07, 6.45) is 12.3. The van der Waals surface area contributed by atoms with E-state index in [-0.39, 0.29) is 16.5 Å². The Morgan fingerprint density at radius 3 is 2.15 bits per heavy atom. The van der Waals surface area contributed by atoms with Gasteiger partial charge in [-0.2, -0.15) is 0 Å². The largest absolute Gasteiger partial charge is 0.456 e. The first-order chi connectivity index (χ1) is 28.9. The Morgan fingerprint density at radius 1 is 0.525 bits per heavy atom. The Morgan fingerprint density at radius 2 is 1.25 bits per heavy atom. The van der Waals surface area contributed by atoms with Gasteiger partial charge in [0.15, 0.2) is 0 Å². The van der Waals surface area contributed by atoms with Gasteiger partial charge in [-0.15, -0.1) is 0 Å². The summed E-state index contributed by atoms with van der Waals surface area (Å²) < 4.78 is 8.59. The molecular weight excluding hydrogens is 717 g/mol. The number of nitrogens with zero attached hydrogens (tertiary/aromatic N) is 2. The molecule has 4 aliphatic rings. The number of aromatic nitrogens is 1. The molecule has 3 heterocycles. The van der Waals surface area contributed by atoms with Gasteiger partial charge in [0.05, 0.1) is 11.0 Å². The van der Waals surface area contributed by atoms with Crippen molar-refractivity contribution in [1.29, 1.82) is 0 Å². The molecule has 3 nitrogen and oxygen atoms in total. The molecule has 3 aliphatic carbocycles. The zero-order valence-electron chi connectivity index (χ0n) is 33.2. The van der Waals surface area contributed by atoms with Crippen molar-refractivity contribution in [1.82, 2.24) is 4.57 Å². The summed E-state index contributed by atoms with van der Waals surface area (Å²) in [5, 5.41) is 4.75. The van der Waals surface area contributed by atoms with Crippen molar-refractivity contribution in [2.75, 3.05) is 4.90 Å². The van der Waals surface area contributed by atoms with Crippen molar-refractivity contribution in [2.24, 2.45) is 0 Å². The molecule has 280 valence electrons. The third-order valence-electron chi connectivity index (χ3n) is 13.9. The maximum atomic E-state index is 6.19. The highest BCUT2D eigenvalue weighted by Crippen LogP contribution is 2.71. The van der Waals surface area contributed by atoms with Crippen molar-refractivity contribution < 1.29 is 4.42 Å². The van der Waals surface area contributed by atoms with Crippen LogP contribution in [0.25, 0.3) is 71.7 Å². The Kier molecular flexibility index (Phi) is 6.31. The van der Waals surface area contributed by atoms with E-state index in [4.69, 9.17) is 4.42 Å². The lowest BCUT2D eigenvalue weighted by molar-refractivity contribution is 0.587. The van der Waals surface area contributed by atoms with Crippen LogP contribution in [0.15, 0.2) is 198 Å². The SMILES string of the molecule is Cc1ccc(N2C3(C=CC(c4cccc(-c5ccc6c(c5)c5ccccc5n6-c5ccc6oc7ccccc7c6c5)c4)=C3)[C@@]23C=CC2=C3C(C)(C)c3ccccc32)cc1. The predicted octanol–water partition coefficient (Wildman–Crippen LogP) is 13.9. The van der Waals surface area contributed by atoms with Gasteiger partial charge in [-0.05, 0) is 118 Å². The first kappa shape index (κ1) is 32.9. The molecule has 0 saturated carbocycles. The van der Waals surface area contributed by atoms with E-state index in [1.165, 1.54) is 77.6 Å². The average Bonchev–Trinajstić information content (AvgIpc) is 3.92. The van der Waals surface area contributed by atoms with E-state index in [2.05, 4.69) is 206 Å². The number of anilines is 1. The molecule has 1 unspecified atom stereocenters. The Balaban J connectivity index is 0.913. The fourth-order valence-corrected chi connectivity index (χ4v) is 11.3. The number of rotatable bonds is 4. The van der Waals surface area contributed by atoms with Crippen LogP contribution < -0.4 is 4.90 Å². The van der Waals surface area contributed by atoms with Crippen LogP contribution >= 0.6 is 0 Å². The third kappa shape index (κ3) is 4.22. The van der Waals surface area contributed by atoms with Crippen LogP contribution in [0.2, 0.25) is 0 Å². The molecular formula is C56H40N2O. The van der Waals surface area contributed by atoms with Gasteiger partial charge in [-0.25, -0.2) is 0 Å². The number of hydrogen-bond donors (Lipinski definition) is 0. The molecule has 2 spiro atoms. The molecule has 2 aromatic heterocycles. The summed E-state index contributed by atoms with van der Waals surface area (Å²) >= 11 is 0. The number of hydrogen-bond acceptors (Lipinski definition) is 2. The minimum atomic E-state index is -0.299. The Bertz CT molecular complexity index is 3440. The van der Waals surface area contributed by atoms with Crippen LogP contribution in [0.1, 0.15) is 36.1 Å². The summed E-state index contributed by atoms with van der Waals surface area (Å²) in [4.78, 5) is 2.66. The summed E-state index contributed by atoms with van der Waals surface area (Å²) in [6, 6.07) is 57.8. The molecule has 1 fully saturated rings. The van der Waals surface area contributed by atoms with Crippen molar-refractivity contribution in [3.05, 3.63) is 216 Å². The normalized spacial score (nSPS) is 20.9. The van der Waals surface area contributed by atoms with Crippen molar-refractivity contribution in [2.45, 2.75) is 37.3 Å². The summed E-state index contributed by atoms with van der Waals surface area (Å²) in [5.41, 5.74) is 17.8. The lowest BCUT2D eigenvalue weighted by atomic mass is 9.72. The number of fused-ring (bicyclic) bond motifs is 10. The number of para-hydroxylation sites is 2. The van der Waals surface area contributed by atoms with Gasteiger partial charge >= 0.3 is 0 Å². The molecule has 13 rings (SSSR count). The summed E-state index contributed by atoms with van der Waals surface area (Å²) in [7, 11) is 0. The smallest absolute Gasteiger partial charge is 0.135 e. The fraction of sp³-hybridized carbons (Fsp3) is 0.107. The highest BCUT2D eigenvalue weighted by Gasteiger charge is 2.77. The number of benzene rings is 7. The molecule has 2 atom stereocenters.